The molecule has 0 spiro atoms. The van der Waals surface area contributed by atoms with Crippen LogP contribution in [0.1, 0.15) is 15.9 Å². The molecule has 2 nitrogen and oxygen atoms in total. The van der Waals surface area contributed by atoms with Gasteiger partial charge < -0.3 is 5.73 Å². The first-order valence-corrected chi connectivity index (χ1v) is 6.57. The van der Waals surface area contributed by atoms with E-state index in [1.54, 1.807) is 12.2 Å². The number of hydrogen-bond acceptors (Lipinski definition) is 2. The number of ketones is 1. The Labute approximate surface area is 120 Å². The average Bonchev–Trinajstić information content (AvgIpc) is 2.38. The molecule has 2 aromatic rings. The van der Waals surface area contributed by atoms with Crippen LogP contribution in [0.4, 0.5) is 5.69 Å². The Morgan fingerprint density at radius 2 is 1.72 bits per heavy atom. The maximum absolute atomic E-state index is 12.0. The summed E-state index contributed by atoms with van der Waals surface area (Å²) in [6.07, 6.45) is 3.38. The summed E-state index contributed by atoms with van der Waals surface area (Å²) >= 11 is 2.16. The van der Waals surface area contributed by atoms with E-state index in [0.717, 1.165) is 20.4 Å². The monoisotopic (exact) mass is 349 g/mol. The van der Waals surface area contributed by atoms with Gasteiger partial charge in [0.2, 0.25) is 0 Å². The summed E-state index contributed by atoms with van der Waals surface area (Å²) < 4.78 is 0.960. The van der Waals surface area contributed by atoms with E-state index in [9.17, 15) is 4.79 Å². The van der Waals surface area contributed by atoms with Crippen LogP contribution in [0.25, 0.3) is 6.08 Å². The minimum atomic E-state index is 0.0109. The van der Waals surface area contributed by atoms with Gasteiger partial charge in [0.15, 0.2) is 5.78 Å². The molecule has 0 fully saturated rings. The molecule has 0 aliphatic heterocycles. The van der Waals surface area contributed by atoms with Gasteiger partial charge in [0.25, 0.3) is 0 Å². The summed E-state index contributed by atoms with van der Waals surface area (Å²) in [4.78, 5) is 12.0. The van der Waals surface area contributed by atoms with Crippen LogP contribution in [0.15, 0.2) is 54.6 Å². The van der Waals surface area contributed by atoms with Crippen molar-refractivity contribution in [3.05, 3.63) is 69.3 Å². The van der Waals surface area contributed by atoms with Crippen LogP contribution >= 0.6 is 22.6 Å². The Morgan fingerprint density at radius 1 is 1.06 bits per heavy atom. The lowest BCUT2D eigenvalue weighted by molar-refractivity contribution is 0.104. The highest BCUT2D eigenvalue weighted by Gasteiger charge is 2.04. The normalized spacial score (nSPS) is 10.7. The summed E-state index contributed by atoms with van der Waals surface area (Å²) in [5.41, 5.74) is 8.01. The van der Waals surface area contributed by atoms with Gasteiger partial charge in [0.05, 0.1) is 0 Å². The standard InChI is InChI=1S/C15H12INO/c16-14-4-2-1-3-13(14)15(18)10-7-11-5-8-12(17)9-6-11/h1-10H,17H2/b10-7+. The van der Waals surface area contributed by atoms with Crippen molar-refractivity contribution in [2.24, 2.45) is 0 Å². The van der Waals surface area contributed by atoms with Crippen LogP contribution < -0.4 is 5.73 Å². The molecule has 2 N–H and O–H groups in total. The SMILES string of the molecule is Nc1ccc(/C=C/C(=O)c2ccccc2I)cc1. The van der Waals surface area contributed by atoms with Gasteiger partial charge in [-0.3, -0.25) is 4.79 Å². The van der Waals surface area contributed by atoms with Crippen molar-refractivity contribution < 1.29 is 4.79 Å². The predicted octanol–water partition coefficient (Wildman–Crippen LogP) is 3.77. The van der Waals surface area contributed by atoms with E-state index in [0.29, 0.717) is 0 Å². The highest BCUT2D eigenvalue weighted by Crippen LogP contribution is 2.14. The molecular formula is C15H12INO. The molecule has 18 heavy (non-hydrogen) atoms. The number of nitrogen functional groups attached to an aromatic ring is 1. The first-order chi connectivity index (χ1) is 8.66. The van der Waals surface area contributed by atoms with E-state index in [-0.39, 0.29) is 5.78 Å². The van der Waals surface area contributed by atoms with Crippen molar-refractivity contribution in [2.45, 2.75) is 0 Å². The Hall–Kier alpha value is -1.62. The van der Waals surface area contributed by atoms with Gasteiger partial charge in [-0.2, -0.15) is 0 Å². The van der Waals surface area contributed by atoms with Crippen LogP contribution in [0.5, 0.6) is 0 Å². The molecule has 0 aliphatic carbocycles. The molecule has 2 rings (SSSR count). The minimum Gasteiger partial charge on any atom is -0.399 e. The van der Waals surface area contributed by atoms with E-state index >= 15 is 0 Å². The smallest absolute Gasteiger partial charge is 0.186 e. The van der Waals surface area contributed by atoms with Gasteiger partial charge in [-0.1, -0.05) is 30.3 Å². The van der Waals surface area contributed by atoms with E-state index in [1.807, 2.05) is 48.5 Å². The summed E-state index contributed by atoms with van der Waals surface area (Å²) in [6.45, 7) is 0. The summed E-state index contributed by atoms with van der Waals surface area (Å²) in [7, 11) is 0. The van der Waals surface area contributed by atoms with Gasteiger partial charge in [-0.25, -0.2) is 0 Å². The molecule has 0 saturated carbocycles. The lowest BCUT2D eigenvalue weighted by atomic mass is 10.1. The topological polar surface area (TPSA) is 43.1 Å². The third-order valence-electron chi connectivity index (χ3n) is 2.50. The van der Waals surface area contributed by atoms with E-state index in [4.69, 9.17) is 5.73 Å². The van der Waals surface area contributed by atoms with Crippen molar-refractivity contribution in [1.82, 2.24) is 0 Å². The average molecular weight is 349 g/mol. The van der Waals surface area contributed by atoms with Crippen LogP contribution in [0.3, 0.4) is 0 Å². The number of allylic oxidation sites excluding steroid dienone is 1. The molecular weight excluding hydrogens is 337 g/mol. The van der Waals surface area contributed by atoms with Crippen LogP contribution in [0, 0.1) is 3.57 Å². The molecule has 0 unspecified atom stereocenters. The van der Waals surface area contributed by atoms with Gasteiger partial charge in [0, 0.05) is 14.8 Å². The van der Waals surface area contributed by atoms with Crippen molar-refractivity contribution in [3.8, 4) is 0 Å². The Balaban J connectivity index is 2.17. The highest BCUT2D eigenvalue weighted by atomic mass is 127. The fourth-order valence-electron chi connectivity index (χ4n) is 1.53. The predicted molar refractivity (Wildman–Crippen MR) is 83.4 cm³/mol. The quantitative estimate of drug-likeness (QED) is 0.397. The van der Waals surface area contributed by atoms with Crippen LogP contribution in [-0.4, -0.2) is 5.78 Å². The van der Waals surface area contributed by atoms with Crippen molar-refractivity contribution in [2.75, 3.05) is 5.73 Å². The Morgan fingerprint density at radius 3 is 2.39 bits per heavy atom. The van der Waals surface area contributed by atoms with Gasteiger partial charge >= 0.3 is 0 Å². The number of anilines is 1. The third kappa shape index (κ3) is 3.20. The molecule has 0 atom stereocenters. The first kappa shape index (κ1) is 12.8. The van der Waals surface area contributed by atoms with Gasteiger partial charge in [-0.05, 0) is 58.5 Å². The summed E-state index contributed by atoms with van der Waals surface area (Å²) in [5, 5.41) is 0. The Kier molecular flexibility index (Phi) is 4.15. The maximum atomic E-state index is 12.0. The maximum Gasteiger partial charge on any atom is 0.186 e. The second kappa shape index (κ2) is 5.82. The molecule has 3 heteroatoms. The van der Waals surface area contributed by atoms with Crippen molar-refractivity contribution in [3.63, 3.8) is 0 Å². The zero-order chi connectivity index (χ0) is 13.0. The molecule has 0 bridgehead atoms. The number of halogens is 1. The zero-order valence-corrected chi connectivity index (χ0v) is 11.8. The number of carbonyl (C=O) groups excluding carboxylic acids is 1. The van der Waals surface area contributed by atoms with Crippen LogP contribution in [-0.2, 0) is 0 Å². The van der Waals surface area contributed by atoms with Gasteiger partial charge in [-0.15, -0.1) is 0 Å². The van der Waals surface area contributed by atoms with Gasteiger partial charge in [0.1, 0.15) is 0 Å². The lowest BCUT2D eigenvalue weighted by Crippen LogP contribution is -1.96. The molecule has 0 amide bonds. The molecule has 0 aromatic heterocycles. The largest absolute Gasteiger partial charge is 0.399 e. The van der Waals surface area contributed by atoms with Crippen LogP contribution in [0.2, 0.25) is 0 Å². The number of nitrogens with two attached hydrogens (primary N) is 1. The second-order valence-corrected chi connectivity index (χ2v) is 5.01. The van der Waals surface area contributed by atoms with Crippen molar-refractivity contribution in [1.29, 1.82) is 0 Å². The third-order valence-corrected chi connectivity index (χ3v) is 3.44. The first-order valence-electron chi connectivity index (χ1n) is 5.49. The van der Waals surface area contributed by atoms with E-state index in [2.05, 4.69) is 22.6 Å². The number of hydrogen-bond donors (Lipinski definition) is 1. The molecule has 0 aliphatic rings. The molecule has 0 saturated heterocycles. The molecule has 2 aromatic carbocycles. The van der Waals surface area contributed by atoms with E-state index in [1.165, 1.54) is 0 Å². The summed E-state index contributed by atoms with van der Waals surface area (Å²) in [6, 6.07) is 14.9. The number of carbonyl (C=O) groups is 1. The highest BCUT2D eigenvalue weighted by molar-refractivity contribution is 14.1. The molecule has 90 valence electrons. The molecule has 0 radical (unpaired) electrons. The fourth-order valence-corrected chi connectivity index (χ4v) is 2.18. The summed E-state index contributed by atoms with van der Waals surface area (Å²) in [5.74, 6) is 0.0109. The Bertz CT molecular complexity index is 588. The number of rotatable bonds is 3. The lowest BCUT2D eigenvalue weighted by Gasteiger charge is -1.99. The number of benzene rings is 2. The van der Waals surface area contributed by atoms with E-state index < -0.39 is 0 Å². The zero-order valence-electron chi connectivity index (χ0n) is 9.64. The minimum absolute atomic E-state index is 0.0109. The fraction of sp³-hybridized carbons (Fsp3) is 0. The molecule has 0 heterocycles. The van der Waals surface area contributed by atoms with Crippen molar-refractivity contribution >= 4 is 40.1 Å². The second-order valence-electron chi connectivity index (χ2n) is 3.84.